The number of non-ortho nitro benzene ring substituents is 1. The number of carbonyl (C=O) groups excluding carboxylic acids is 1. The third-order valence-corrected chi connectivity index (χ3v) is 4.28. The second-order valence-corrected chi connectivity index (χ2v) is 5.41. The number of nitrogens with zero attached hydrogens (tertiary/aromatic N) is 1. The SMILES string of the molecule is COC(=O)c1ccc2c([N+](=O)[O-])cc3c(c2c1)C(CCl)CN3. The number of rotatable bonds is 3. The zero-order valence-electron chi connectivity index (χ0n) is 11.8. The highest BCUT2D eigenvalue weighted by Gasteiger charge is 2.28. The van der Waals surface area contributed by atoms with Gasteiger partial charge >= 0.3 is 5.97 Å². The van der Waals surface area contributed by atoms with Gasteiger partial charge in [0.2, 0.25) is 0 Å². The van der Waals surface area contributed by atoms with Gasteiger partial charge in [0, 0.05) is 30.1 Å². The van der Waals surface area contributed by atoms with Gasteiger partial charge in [-0.05, 0) is 29.1 Å². The van der Waals surface area contributed by atoms with Crippen molar-refractivity contribution < 1.29 is 14.5 Å². The molecule has 0 bridgehead atoms. The van der Waals surface area contributed by atoms with Crippen LogP contribution in [-0.2, 0) is 4.74 Å². The van der Waals surface area contributed by atoms with Crippen LogP contribution >= 0.6 is 11.6 Å². The molecule has 1 atom stereocenters. The van der Waals surface area contributed by atoms with E-state index in [4.69, 9.17) is 16.3 Å². The summed E-state index contributed by atoms with van der Waals surface area (Å²) in [7, 11) is 1.30. The largest absolute Gasteiger partial charge is 0.465 e. The van der Waals surface area contributed by atoms with Gasteiger partial charge in [-0.2, -0.15) is 0 Å². The number of alkyl halides is 1. The monoisotopic (exact) mass is 320 g/mol. The maximum absolute atomic E-state index is 11.7. The van der Waals surface area contributed by atoms with Gasteiger partial charge in [-0.1, -0.05) is 0 Å². The average Bonchev–Trinajstić information content (AvgIpc) is 2.95. The number of hydrogen-bond acceptors (Lipinski definition) is 5. The molecule has 0 spiro atoms. The van der Waals surface area contributed by atoms with Gasteiger partial charge in [0.25, 0.3) is 5.69 Å². The molecule has 3 rings (SSSR count). The van der Waals surface area contributed by atoms with Gasteiger partial charge in [-0.15, -0.1) is 11.6 Å². The molecular weight excluding hydrogens is 308 g/mol. The van der Waals surface area contributed by atoms with Crippen LogP contribution in [0, 0.1) is 10.1 Å². The molecule has 1 unspecified atom stereocenters. The standard InChI is InChI=1S/C15H13ClN2O4/c1-22-15(19)8-2-3-10-11(4-8)14-9(6-16)7-17-12(14)5-13(10)18(20)21/h2-5,9,17H,6-7H2,1H3. The molecule has 7 heteroatoms. The summed E-state index contributed by atoms with van der Waals surface area (Å²) in [4.78, 5) is 22.6. The van der Waals surface area contributed by atoms with Crippen molar-refractivity contribution in [2.45, 2.75) is 5.92 Å². The lowest BCUT2D eigenvalue weighted by molar-refractivity contribution is -0.383. The molecule has 0 aliphatic carbocycles. The highest BCUT2D eigenvalue weighted by Crippen LogP contribution is 2.42. The molecule has 0 aromatic heterocycles. The first-order valence-electron chi connectivity index (χ1n) is 6.70. The number of nitro groups is 1. The summed E-state index contributed by atoms with van der Waals surface area (Å²) in [6.07, 6.45) is 0. The lowest BCUT2D eigenvalue weighted by atomic mass is 9.93. The summed E-state index contributed by atoms with van der Waals surface area (Å²) in [6.45, 7) is 0.623. The average molecular weight is 321 g/mol. The Morgan fingerprint density at radius 2 is 2.23 bits per heavy atom. The number of nitrogens with one attached hydrogen (secondary N) is 1. The van der Waals surface area contributed by atoms with Crippen LogP contribution in [0.3, 0.4) is 0 Å². The minimum Gasteiger partial charge on any atom is -0.465 e. The Balaban J connectivity index is 2.34. The van der Waals surface area contributed by atoms with Crippen LogP contribution in [0.25, 0.3) is 10.8 Å². The summed E-state index contributed by atoms with van der Waals surface area (Å²) in [5.41, 5.74) is 1.99. The van der Waals surface area contributed by atoms with E-state index >= 15 is 0 Å². The lowest BCUT2D eigenvalue weighted by Gasteiger charge is -2.11. The molecule has 0 fully saturated rings. The van der Waals surface area contributed by atoms with Gasteiger partial charge in [-0.25, -0.2) is 4.79 Å². The highest BCUT2D eigenvalue weighted by atomic mass is 35.5. The summed E-state index contributed by atoms with van der Waals surface area (Å²) in [5, 5.41) is 15.6. The zero-order valence-corrected chi connectivity index (χ0v) is 12.5. The smallest absolute Gasteiger partial charge is 0.337 e. The topological polar surface area (TPSA) is 81.5 Å². The van der Waals surface area contributed by atoms with Crippen molar-refractivity contribution in [3.8, 4) is 0 Å². The highest BCUT2D eigenvalue weighted by molar-refractivity contribution is 6.19. The van der Waals surface area contributed by atoms with Crippen molar-refractivity contribution >= 4 is 39.7 Å². The number of esters is 1. The van der Waals surface area contributed by atoms with E-state index in [1.54, 1.807) is 12.1 Å². The normalized spacial score (nSPS) is 16.2. The minimum absolute atomic E-state index is 0.00730. The van der Waals surface area contributed by atoms with Gasteiger partial charge in [0.15, 0.2) is 0 Å². The fraction of sp³-hybridized carbons (Fsp3) is 0.267. The molecular formula is C15H13ClN2O4. The molecule has 1 N–H and O–H groups in total. The van der Waals surface area contributed by atoms with Crippen LogP contribution in [0.4, 0.5) is 11.4 Å². The van der Waals surface area contributed by atoms with Gasteiger partial charge in [-0.3, -0.25) is 10.1 Å². The molecule has 1 aliphatic rings. The molecule has 22 heavy (non-hydrogen) atoms. The van der Waals surface area contributed by atoms with Gasteiger partial charge in [0.1, 0.15) is 0 Å². The van der Waals surface area contributed by atoms with Crippen molar-refractivity contribution in [3.05, 3.63) is 45.5 Å². The zero-order chi connectivity index (χ0) is 15.9. The van der Waals surface area contributed by atoms with E-state index in [9.17, 15) is 14.9 Å². The van der Waals surface area contributed by atoms with Crippen molar-refractivity contribution in [3.63, 3.8) is 0 Å². The van der Waals surface area contributed by atoms with E-state index in [1.165, 1.54) is 19.2 Å². The Morgan fingerprint density at radius 1 is 1.45 bits per heavy atom. The van der Waals surface area contributed by atoms with Crippen molar-refractivity contribution in [1.82, 2.24) is 0 Å². The van der Waals surface area contributed by atoms with E-state index in [1.807, 2.05) is 0 Å². The molecule has 114 valence electrons. The summed E-state index contributed by atoms with van der Waals surface area (Å²) >= 11 is 6.00. The van der Waals surface area contributed by atoms with Crippen molar-refractivity contribution in [2.24, 2.45) is 0 Å². The molecule has 2 aromatic carbocycles. The number of fused-ring (bicyclic) bond motifs is 3. The lowest BCUT2D eigenvalue weighted by Crippen LogP contribution is -2.04. The molecule has 0 saturated heterocycles. The number of benzene rings is 2. The quantitative estimate of drug-likeness (QED) is 0.406. The second kappa shape index (κ2) is 5.46. The predicted octanol–water partition coefficient (Wildman–Crippen LogP) is 3.28. The number of ether oxygens (including phenoxy) is 1. The first-order chi connectivity index (χ1) is 10.6. The van der Waals surface area contributed by atoms with E-state index in [-0.39, 0.29) is 11.6 Å². The molecule has 2 aromatic rings. The molecule has 1 aliphatic heterocycles. The number of methoxy groups -OCH3 is 1. The third kappa shape index (κ3) is 2.16. The molecule has 1 heterocycles. The molecule has 6 nitrogen and oxygen atoms in total. The Morgan fingerprint density at radius 3 is 2.86 bits per heavy atom. The van der Waals surface area contributed by atoms with E-state index in [2.05, 4.69) is 5.32 Å². The second-order valence-electron chi connectivity index (χ2n) is 5.10. The van der Waals surface area contributed by atoms with Crippen LogP contribution in [-0.4, -0.2) is 30.4 Å². The summed E-state index contributed by atoms with van der Waals surface area (Å²) < 4.78 is 4.72. The number of hydrogen-bond donors (Lipinski definition) is 1. The van der Waals surface area contributed by atoms with Crippen LogP contribution in [0.2, 0.25) is 0 Å². The fourth-order valence-electron chi connectivity index (χ4n) is 2.88. The molecule has 0 amide bonds. The summed E-state index contributed by atoms with van der Waals surface area (Å²) in [5.74, 6) is -0.0292. The number of carbonyl (C=O) groups is 1. The number of anilines is 1. The first kappa shape index (κ1) is 14.6. The van der Waals surface area contributed by atoms with E-state index in [0.717, 1.165) is 5.56 Å². The Labute approximate surface area is 131 Å². The number of halogens is 1. The van der Waals surface area contributed by atoms with Crippen LogP contribution in [0.15, 0.2) is 24.3 Å². The Kier molecular flexibility index (Phi) is 3.62. The third-order valence-electron chi connectivity index (χ3n) is 3.91. The Bertz CT molecular complexity index is 791. The molecule has 0 radical (unpaired) electrons. The van der Waals surface area contributed by atoms with E-state index in [0.29, 0.717) is 34.4 Å². The predicted molar refractivity (Wildman–Crippen MR) is 83.9 cm³/mol. The summed E-state index contributed by atoms with van der Waals surface area (Å²) in [6, 6.07) is 6.29. The van der Waals surface area contributed by atoms with Crippen LogP contribution < -0.4 is 5.32 Å². The number of nitro benzene ring substituents is 1. The first-order valence-corrected chi connectivity index (χ1v) is 7.23. The van der Waals surface area contributed by atoms with Gasteiger partial charge < -0.3 is 10.1 Å². The van der Waals surface area contributed by atoms with Gasteiger partial charge in [0.05, 0.1) is 23.0 Å². The maximum atomic E-state index is 11.7. The van der Waals surface area contributed by atoms with Crippen LogP contribution in [0.1, 0.15) is 21.8 Å². The van der Waals surface area contributed by atoms with Crippen molar-refractivity contribution in [1.29, 1.82) is 0 Å². The fourth-order valence-corrected chi connectivity index (χ4v) is 3.14. The minimum atomic E-state index is -0.476. The van der Waals surface area contributed by atoms with Crippen molar-refractivity contribution in [2.75, 3.05) is 24.9 Å². The van der Waals surface area contributed by atoms with E-state index < -0.39 is 10.9 Å². The van der Waals surface area contributed by atoms with Crippen LogP contribution in [0.5, 0.6) is 0 Å². The molecule has 0 saturated carbocycles. The maximum Gasteiger partial charge on any atom is 0.337 e. The Hall–Kier alpha value is -2.34.